The minimum absolute atomic E-state index is 0.0101. The molecule has 0 bridgehead atoms. The highest BCUT2D eigenvalue weighted by Crippen LogP contribution is 2.31. The maximum Gasteiger partial charge on any atom is 0.243 e. The predicted molar refractivity (Wildman–Crippen MR) is 76.3 cm³/mol. The van der Waals surface area contributed by atoms with Crippen molar-refractivity contribution in [3.63, 3.8) is 0 Å². The molecule has 0 spiro atoms. The van der Waals surface area contributed by atoms with Gasteiger partial charge < -0.3 is 15.0 Å². The van der Waals surface area contributed by atoms with Crippen LogP contribution in [0, 0.1) is 0 Å². The van der Waals surface area contributed by atoms with Crippen molar-refractivity contribution in [2.45, 2.75) is 37.8 Å². The molecular weight excluding hydrogens is 254 g/mol. The van der Waals surface area contributed by atoms with Crippen LogP contribution in [0.3, 0.4) is 0 Å². The van der Waals surface area contributed by atoms with Crippen LogP contribution < -0.4 is 5.32 Å². The number of amides is 1. The SMILES string of the molecule is CC(C(=O)NC1(CO)CCC1)n1cnc2ccccc21. The van der Waals surface area contributed by atoms with E-state index in [-0.39, 0.29) is 18.6 Å². The van der Waals surface area contributed by atoms with E-state index in [1.54, 1.807) is 6.33 Å². The molecule has 5 heteroatoms. The summed E-state index contributed by atoms with van der Waals surface area (Å²) in [6.45, 7) is 1.86. The zero-order valence-electron chi connectivity index (χ0n) is 11.5. The average molecular weight is 273 g/mol. The lowest BCUT2D eigenvalue weighted by Crippen LogP contribution is -2.57. The third-order valence-electron chi connectivity index (χ3n) is 4.28. The summed E-state index contributed by atoms with van der Waals surface area (Å²) < 4.78 is 1.87. The first-order valence-electron chi connectivity index (χ1n) is 7.00. The third kappa shape index (κ3) is 2.08. The Kier molecular flexibility index (Phi) is 3.22. The van der Waals surface area contributed by atoms with Crippen LogP contribution in [-0.2, 0) is 4.79 Å². The van der Waals surface area contributed by atoms with Gasteiger partial charge in [-0.2, -0.15) is 0 Å². The summed E-state index contributed by atoms with van der Waals surface area (Å²) in [5, 5.41) is 12.4. The molecular formula is C15H19N3O2. The highest BCUT2D eigenvalue weighted by molar-refractivity contribution is 5.84. The Morgan fingerprint density at radius 3 is 2.90 bits per heavy atom. The second-order valence-electron chi connectivity index (χ2n) is 5.60. The fourth-order valence-electron chi connectivity index (χ4n) is 2.71. The summed E-state index contributed by atoms with van der Waals surface area (Å²) >= 11 is 0. The van der Waals surface area contributed by atoms with Gasteiger partial charge in [0, 0.05) is 0 Å². The molecule has 20 heavy (non-hydrogen) atoms. The molecule has 1 amide bonds. The summed E-state index contributed by atoms with van der Waals surface area (Å²) in [5.74, 6) is -0.0677. The molecule has 2 aromatic rings. The number of nitrogens with one attached hydrogen (secondary N) is 1. The molecule has 1 heterocycles. The van der Waals surface area contributed by atoms with E-state index in [0.29, 0.717) is 0 Å². The van der Waals surface area contributed by atoms with E-state index in [4.69, 9.17) is 0 Å². The number of aliphatic hydroxyl groups is 1. The number of carbonyl (C=O) groups excluding carboxylic acids is 1. The summed E-state index contributed by atoms with van der Waals surface area (Å²) in [4.78, 5) is 16.7. The summed E-state index contributed by atoms with van der Waals surface area (Å²) in [6.07, 6.45) is 4.46. The van der Waals surface area contributed by atoms with Crippen molar-refractivity contribution in [1.29, 1.82) is 0 Å². The van der Waals surface area contributed by atoms with Gasteiger partial charge in [-0.25, -0.2) is 4.98 Å². The van der Waals surface area contributed by atoms with Crippen LogP contribution in [0.4, 0.5) is 0 Å². The Labute approximate surface area is 117 Å². The Hall–Kier alpha value is -1.88. The number of fused-ring (bicyclic) bond motifs is 1. The Bertz CT molecular complexity index is 625. The number of para-hydroxylation sites is 2. The second-order valence-corrected chi connectivity index (χ2v) is 5.60. The number of rotatable bonds is 4. The first-order chi connectivity index (χ1) is 9.65. The second kappa shape index (κ2) is 4.90. The van der Waals surface area contributed by atoms with Crippen LogP contribution in [0.15, 0.2) is 30.6 Å². The quantitative estimate of drug-likeness (QED) is 0.889. The Morgan fingerprint density at radius 1 is 1.50 bits per heavy atom. The molecule has 1 aromatic heterocycles. The van der Waals surface area contributed by atoms with E-state index in [2.05, 4.69) is 10.3 Å². The van der Waals surface area contributed by atoms with Crippen molar-refractivity contribution in [3.8, 4) is 0 Å². The highest BCUT2D eigenvalue weighted by atomic mass is 16.3. The zero-order valence-corrected chi connectivity index (χ0v) is 11.5. The van der Waals surface area contributed by atoms with Gasteiger partial charge in [0.1, 0.15) is 6.04 Å². The van der Waals surface area contributed by atoms with Crippen molar-refractivity contribution < 1.29 is 9.90 Å². The molecule has 1 atom stereocenters. The molecule has 1 saturated carbocycles. The molecule has 2 N–H and O–H groups in total. The molecule has 1 aliphatic rings. The van der Waals surface area contributed by atoms with Crippen LogP contribution >= 0.6 is 0 Å². The molecule has 1 unspecified atom stereocenters. The fraction of sp³-hybridized carbons (Fsp3) is 0.467. The van der Waals surface area contributed by atoms with Gasteiger partial charge in [0.25, 0.3) is 0 Å². The number of carbonyl (C=O) groups is 1. The maximum absolute atomic E-state index is 12.4. The van der Waals surface area contributed by atoms with Crippen molar-refractivity contribution in [3.05, 3.63) is 30.6 Å². The summed E-state index contributed by atoms with van der Waals surface area (Å²) in [5.41, 5.74) is 1.43. The van der Waals surface area contributed by atoms with Crippen LogP contribution in [0.25, 0.3) is 11.0 Å². The normalized spacial score (nSPS) is 18.5. The Morgan fingerprint density at radius 2 is 2.25 bits per heavy atom. The van der Waals surface area contributed by atoms with Gasteiger partial charge in [-0.15, -0.1) is 0 Å². The van der Waals surface area contributed by atoms with Crippen LogP contribution in [0.5, 0.6) is 0 Å². The van der Waals surface area contributed by atoms with Crippen LogP contribution in [0.2, 0.25) is 0 Å². The molecule has 5 nitrogen and oxygen atoms in total. The van der Waals surface area contributed by atoms with E-state index in [0.717, 1.165) is 30.3 Å². The van der Waals surface area contributed by atoms with Gasteiger partial charge in [0.2, 0.25) is 5.91 Å². The Balaban J connectivity index is 1.81. The molecule has 1 aromatic carbocycles. The summed E-state index contributed by atoms with van der Waals surface area (Å²) in [6, 6.07) is 7.41. The maximum atomic E-state index is 12.4. The van der Waals surface area contributed by atoms with Gasteiger partial charge in [-0.3, -0.25) is 4.79 Å². The summed E-state index contributed by atoms with van der Waals surface area (Å²) in [7, 11) is 0. The lowest BCUT2D eigenvalue weighted by molar-refractivity contribution is -0.127. The van der Waals surface area contributed by atoms with Crippen molar-refractivity contribution in [2.75, 3.05) is 6.61 Å². The van der Waals surface area contributed by atoms with E-state index < -0.39 is 5.54 Å². The number of imidazole rings is 1. The monoisotopic (exact) mass is 273 g/mol. The number of hydrogen-bond donors (Lipinski definition) is 2. The van der Waals surface area contributed by atoms with E-state index >= 15 is 0 Å². The van der Waals surface area contributed by atoms with Crippen molar-refractivity contribution in [2.24, 2.45) is 0 Å². The smallest absolute Gasteiger partial charge is 0.243 e. The minimum atomic E-state index is -0.401. The lowest BCUT2D eigenvalue weighted by Gasteiger charge is -2.41. The number of nitrogens with zero attached hydrogens (tertiary/aromatic N) is 2. The minimum Gasteiger partial charge on any atom is -0.394 e. The van der Waals surface area contributed by atoms with Gasteiger partial charge >= 0.3 is 0 Å². The number of benzene rings is 1. The van der Waals surface area contributed by atoms with Gasteiger partial charge in [0.15, 0.2) is 0 Å². The topological polar surface area (TPSA) is 67.2 Å². The zero-order chi connectivity index (χ0) is 14.2. The van der Waals surface area contributed by atoms with Gasteiger partial charge in [0.05, 0.1) is 29.5 Å². The standard InChI is InChI=1S/C15H19N3O2/c1-11(14(20)17-15(9-19)7-4-8-15)18-10-16-12-5-2-3-6-13(12)18/h2-3,5-6,10-11,19H,4,7-9H2,1H3,(H,17,20). The molecule has 0 saturated heterocycles. The third-order valence-corrected chi connectivity index (χ3v) is 4.28. The molecule has 3 rings (SSSR count). The van der Waals surface area contributed by atoms with Crippen LogP contribution in [-0.4, -0.2) is 32.7 Å². The molecule has 0 radical (unpaired) electrons. The van der Waals surface area contributed by atoms with Crippen LogP contribution in [0.1, 0.15) is 32.2 Å². The van der Waals surface area contributed by atoms with E-state index in [1.165, 1.54) is 0 Å². The van der Waals surface area contributed by atoms with E-state index in [9.17, 15) is 9.90 Å². The number of aliphatic hydroxyl groups excluding tert-OH is 1. The highest BCUT2D eigenvalue weighted by Gasteiger charge is 2.38. The number of aromatic nitrogens is 2. The molecule has 1 aliphatic carbocycles. The first-order valence-corrected chi connectivity index (χ1v) is 7.00. The molecule has 0 aliphatic heterocycles. The van der Waals surface area contributed by atoms with Gasteiger partial charge in [-0.1, -0.05) is 12.1 Å². The average Bonchev–Trinajstić information content (AvgIpc) is 2.85. The molecule has 1 fully saturated rings. The van der Waals surface area contributed by atoms with Crippen molar-refractivity contribution >= 4 is 16.9 Å². The van der Waals surface area contributed by atoms with E-state index in [1.807, 2.05) is 35.8 Å². The van der Waals surface area contributed by atoms with Crippen molar-refractivity contribution in [1.82, 2.24) is 14.9 Å². The number of hydrogen-bond acceptors (Lipinski definition) is 3. The predicted octanol–water partition coefficient (Wildman–Crippen LogP) is 1.63. The molecule has 106 valence electrons. The first kappa shape index (κ1) is 13.1. The lowest BCUT2D eigenvalue weighted by atomic mass is 9.77. The van der Waals surface area contributed by atoms with Gasteiger partial charge in [-0.05, 0) is 38.3 Å². The largest absolute Gasteiger partial charge is 0.394 e. The fourth-order valence-corrected chi connectivity index (χ4v) is 2.71.